The average Bonchev–Trinajstić information content (AvgIpc) is 3.28. The van der Waals surface area contributed by atoms with E-state index in [1.807, 2.05) is 6.07 Å². The molecule has 0 aliphatic heterocycles. The average molecular weight is 379 g/mol. The number of hydrogen-bond acceptors (Lipinski definition) is 4. The highest BCUT2D eigenvalue weighted by Crippen LogP contribution is 2.36. The van der Waals surface area contributed by atoms with Crippen molar-refractivity contribution < 1.29 is 8.42 Å². The molecule has 112 valence electrons. The molecule has 1 heterocycles. The molecular weight excluding hydrogens is 360 g/mol. The summed E-state index contributed by atoms with van der Waals surface area (Å²) in [5.41, 5.74) is 0. The highest BCUT2D eigenvalue weighted by atomic mass is 79.9. The van der Waals surface area contributed by atoms with Crippen LogP contribution in [-0.4, -0.2) is 32.4 Å². The number of nitrogens with zero attached hydrogens (tertiary/aromatic N) is 1. The summed E-state index contributed by atoms with van der Waals surface area (Å²) in [6, 6.07) is 2.44. The van der Waals surface area contributed by atoms with Crippen molar-refractivity contribution in [2.24, 2.45) is 5.92 Å². The maximum atomic E-state index is 12.6. The Bertz CT molecular complexity index is 592. The van der Waals surface area contributed by atoms with Gasteiger partial charge in [-0.3, -0.25) is 0 Å². The molecule has 20 heavy (non-hydrogen) atoms. The molecule has 0 bridgehead atoms. The predicted molar refractivity (Wildman–Crippen MR) is 84.4 cm³/mol. The molecule has 1 aromatic rings. The zero-order chi connectivity index (χ0) is 14.3. The third kappa shape index (κ3) is 3.44. The van der Waals surface area contributed by atoms with E-state index in [1.54, 1.807) is 7.05 Å². The zero-order valence-electron chi connectivity index (χ0n) is 11.4. The molecule has 0 saturated heterocycles. The molecule has 2 saturated carbocycles. The van der Waals surface area contributed by atoms with Crippen molar-refractivity contribution in [2.75, 3.05) is 13.6 Å². The van der Waals surface area contributed by atoms with Gasteiger partial charge in [0.15, 0.2) is 0 Å². The smallest absolute Gasteiger partial charge is 0.244 e. The molecule has 0 amide bonds. The Labute approximate surface area is 132 Å². The van der Waals surface area contributed by atoms with Crippen LogP contribution in [0.3, 0.4) is 0 Å². The molecule has 0 spiro atoms. The highest BCUT2D eigenvalue weighted by molar-refractivity contribution is 9.11. The van der Waals surface area contributed by atoms with Crippen LogP contribution in [0.5, 0.6) is 0 Å². The quantitative estimate of drug-likeness (QED) is 0.793. The lowest BCUT2D eigenvalue weighted by Gasteiger charge is -2.16. The van der Waals surface area contributed by atoms with E-state index < -0.39 is 10.0 Å². The maximum Gasteiger partial charge on any atom is 0.244 e. The minimum Gasteiger partial charge on any atom is -0.309 e. The van der Waals surface area contributed by atoms with Gasteiger partial charge in [-0.25, -0.2) is 12.7 Å². The molecule has 0 unspecified atom stereocenters. The molecule has 0 radical (unpaired) electrons. The van der Waals surface area contributed by atoms with Gasteiger partial charge in [0.2, 0.25) is 10.0 Å². The van der Waals surface area contributed by atoms with E-state index in [9.17, 15) is 8.42 Å². The van der Waals surface area contributed by atoms with Crippen LogP contribution in [0.25, 0.3) is 0 Å². The zero-order valence-corrected chi connectivity index (χ0v) is 14.7. The Balaban J connectivity index is 1.73. The van der Waals surface area contributed by atoms with Gasteiger partial charge in [0.1, 0.15) is 4.90 Å². The standard InChI is InChI=1S/C13H19BrN2O2S2/c1-16(8-9-2-3-9)20(17,18)12-6-11(19-13(12)14)7-15-10-4-5-10/h6,9-10,15H,2-5,7-8H2,1H3. The van der Waals surface area contributed by atoms with Gasteiger partial charge >= 0.3 is 0 Å². The number of rotatable bonds is 7. The van der Waals surface area contributed by atoms with Gasteiger partial charge in [-0.2, -0.15) is 0 Å². The van der Waals surface area contributed by atoms with E-state index in [2.05, 4.69) is 21.2 Å². The van der Waals surface area contributed by atoms with E-state index in [4.69, 9.17) is 0 Å². The van der Waals surface area contributed by atoms with Gasteiger partial charge < -0.3 is 5.32 Å². The van der Waals surface area contributed by atoms with Gasteiger partial charge in [-0.05, 0) is 53.6 Å². The van der Waals surface area contributed by atoms with Crippen molar-refractivity contribution in [1.29, 1.82) is 0 Å². The summed E-state index contributed by atoms with van der Waals surface area (Å²) in [5, 5.41) is 3.42. The van der Waals surface area contributed by atoms with Crippen molar-refractivity contribution in [3.8, 4) is 0 Å². The maximum absolute atomic E-state index is 12.6. The van der Waals surface area contributed by atoms with Crippen LogP contribution in [-0.2, 0) is 16.6 Å². The molecule has 4 nitrogen and oxygen atoms in total. The van der Waals surface area contributed by atoms with Crippen LogP contribution in [0.2, 0.25) is 0 Å². The molecule has 1 aromatic heterocycles. The molecule has 3 rings (SSSR count). The Morgan fingerprint density at radius 1 is 1.40 bits per heavy atom. The summed E-state index contributed by atoms with van der Waals surface area (Å²) < 4.78 is 27.3. The first-order chi connectivity index (χ1) is 9.46. The Hall–Kier alpha value is 0.0500. The second kappa shape index (κ2) is 5.68. The summed E-state index contributed by atoms with van der Waals surface area (Å²) in [5.74, 6) is 0.559. The number of halogens is 1. The fraction of sp³-hybridized carbons (Fsp3) is 0.692. The number of hydrogen-bond donors (Lipinski definition) is 1. The molecule has 0 atom stereocenters. The largest absolute Gasteiger partial charge is 0.309 e. The molecular formula is C13H19BrN2O2S2. The van der Waals surface area contributed by atoms with Crippen molar-refractivity contribution in [2.45, 2.75) is 43.2 Å². The van der Waals surface area contributed by atoms with E-state index >= 15 is 0 Å². The normalized spacial score (nSPS) is 19.8. The Morgan fingerprint density at radius 2 is 2.10 bits per heavy atom. The summed E-state index contributed by atoms with van der Waals surface area (Å²) >= 11 is 4.92. The molecule has 0 aromatic carbocycles. The predicted octanol–water partition coefficient (Wildman–Crippen LogP) is 2.79. The minimum absolute atomic E-state index is 0.415. The first-order valence-electron chi connectivity index (χ1n) is 6.95. The van der Waals surface area contributed by atoms with Gasteiger partial charge in [-0.15, -0.1) is 11.3 Å². The van der Waals surface area contributed by atoms with Crippen LogP contribution >= 0.6 is 27.3 Å². The van der Waals surface area contributed by atoms with Crippen LogP contribution < -0.4 is 5.32 Å². The second-order valence-electron chi connectivity index (χ2n) is 5.73. The van der Waals surface area contributed by atoms with Gasteiger partial charge in [0.25, 0.3) is 0 Å². The lowest BCUT2D eigenvalue weighted by atomic mass is 10.4. The third-order valence-corrected chi connectivity index (χ3v) is 7.82. The third-order valence-electron chi connectivity index (χ3n) is 3.75. The summed E-state index contributed by atoms with van der Waals surface area (Å²) in [4.78, 5) is 1.49. The van der Waals surface area contributed by atoms with Crippen LogP contribution in [0.1, 0.15) is 30.6 Å². The monoisotopic (exact) mass is 378 g/mol. The molecule has 1 N–H and O–H groups in total. The van der Waals surface area contributed by atoms with Crippen LogP contribution in [0.15, 0.2) is 14.7 Å². The number of nitrogens with one attached hydrogen (secondary N) is 1. The van der Waals surface area contributed by atoms with Gasteiger partial charge in [0, 0.05) is 31.1 Å². The van der Waals surface area contributed by atoms with Gasteiger partial charge in [0.05, 0.1) is 3.79 Å². The summed E-state index contributed by atoms with van der Waals surface area (Å²) in [7, 11) is -1.68. The van der Waals surface area contributed by atoms with Gasteiger partial charge in [-0.1, -0.05) is 0 Å². The van der Waals surface area contributed by atoms with Crippen LogP contribution in [0.4, 0.5) is 0 Å². The highest BCUT2D eigenvalue weighted by Gasteiger charge is 2.31. The van der Waals surface area contributed by atoms with E-state index in [1.165, 1.54) is 28.5 Å². The Morgan fingerprint density at radius 3 is 2.70 bits per heavy atom. The van der Waals surface area contributed by atoms with Crippen LogP contribution in [0, 0.1) is 5.92 Å². The lowest BCUT2D eigenvalue weighted by molar-refractivity contribution is 0.453. The SMILES string of the molecule is CN(CC1CC1)S(=O)(=O)c1cc(CNC2CC2)sc1Br. The molecule has 2 fully saturated rings. The fourth-order valence-corrected chi connectivity index (χ4v) is 5.95. The van der Waals surface area contributed by atoms with Crippen molar-refractivity contribution in [1.82, 2.24) is 9.62 Å². The number of sulfonamides is 1. The first kappa shape index (κ1) is 15.0. The first-order valence-corrected chi connectivity index (χ1v) is 9.99. The number of thiophene rings is 1. The van der Waals surface area contributed by atoms with E-state index in [-0.39, 0.29) is 0 Å². The topological polar surface area (TPSA) is 49.4 Å². The summed E-state index contributed by atoms with van der Waals surface area (Å²) in [6.45, 7) is 1.40. The van der Waals surface area contributed by atoms with Crippen molar-refractivity contribution >= 4 is 37.3 Å². The molecule has 7 heteroatoms. The van der Waals surface area contributed by atoms with E-state index in [0.717, 1.165) is 24.3 Å². The fourth-order valence-electron chi connectivity index (χ4n) is 2.12. The lowest BCUT2D eigenvalue weighted by Crippen LogP contribution is -2.28. The minimum atomic E-state index is -3.36. The van der Waals surface area contributed by atoms with Crippen molar-refractivity contribution in [3.05, 3.63) is 14.7 Å². The van der Waals surface area contributed by atoms with E-state index in [0.29, 0.717) is 27.2 Å². The molecule has 2 aliphatic carbocycles. The molecule has 2 aliphatic rings. The second-order valence-corrected chi connectivity index (χ2v) is 10.2. The van der Waals surface area contributed by atoms with Crippen molar-refractivity contribution in [3.63, 3.8) is 0 Å². The Kier molecular flexibility index (Phi) is 4.25. The summed E-state index contributed by atoms with van der Waals surface area (Å²) in [6.07, 6.45) is 4.78.